The molecule has 0 aliphatic heterocycles. The maximum absolute atomic E-state index is 12.9. The minimum atomic E-state index is -0.374. The van der Waals surface area contributed by atoms with E-state index in [-0.39, 0.29) is 18.0 Å². The zero-order valence-corrected chi connectivity index (χ0v) is 16.8. The number of nitrogens with zero attached hydrogens (tertiary/aromatic N) is 1. The summed E-state index contributed by atoms with van der Waals surface area (Å²) in [7, 11) is 1.95. The van der Waals surface area contributed by atoms with Crippen LogP contribution in [0.4, 0.5) is 0 Å². The molecule has 4 aromatic rings. The van der Waals surface area contributed by atoms with E-state index in [9.17, 15) is 9.59 Å². The fraction of sp³-hybridized carbons (Fsp3) is 0.250. The zero-order valence-electron chi connectivity index (χ0n) is 16.8. The molecule has 2 aromatic heterocycles. The number of aryl methyl sites for hydroxylation is 2. The van der Waals surface area contributed by atoms with Crippen molar-refractivity contribution < 1.29 is 13.9 Å². The monoisotopic (exact) mass is 389 g/mol. The summed E-state index contributed by atoms with van der Waals surface area (Å²) < 4.78 is 13.1. The summed E-state index contributed by atoms with van der Waals surface area (Å²) in [5, 5.41) is 1.82. The Balaban J connectivity index is 1.61. The van der Waals surface area contributed by atoms with Crippen molar-refractivity contribution in [3.8, 4) is 5.75 Å². The Kier molecular flexibility index (Phi) is 4.97. The van der Waals surface area contributed by atoms with E-state index in [0.717, 1.165) is 40.4 Å². The molecule has 0 saturated carbocycles. The van der Waals surface area contributed by atoms with E-state index < -0.39 is 0 Å². The van der Waals surface area contributed by atoms with Gasteiger partial charge in [0.15, 0.2) is 6.61 Å². The van der Waals surface area contributed by atoms with Crippen LogP contribution in [-0.2, 0) is 13.5 Å². The summed E-state index contributed by atoms with van der Waals surface area (Å²) in [5.74, 6) is 0.418. The van der Waals surface area contributed by atoms with Gasteiger partial charge in [0.05, 0.1) is 0 Å². The van der Waals surface area contributed by atoms with E-state index in [1.807, 2.05) is 54.9 Å². The third kappa shape index (κ3) is 3.44. The van der Waals surface area contributed by atoms with Gasteiger partial charge in [-0.3, -0.25) is 4.79 Å². The first-order valence-electron chi connectivity index (χ1n) is 9.76. The van der Waals surface area contributed by atoms with Crippen LogP contribution < -0.4 is 10.4 Å². The van der Waals surface area contributed by atoms with Crippen molar-refractivity contribution in [2.75, 3.05) is 6.61 Å². The fourth-order valence-electron chi connectivity index (χ4n) is 3.87. The van der Waals surface area contributed by atoms with E-state index in [1.165, 1.54) is 0 Å². The van der Waals surface area contributed by atoms with Gasteiger partial charge in [-0.15, -0.1) is 0 Å². The van der Waals surface area contributed by atoms with E-state index in [4.69, 9.17) is 9.15 Å². The van der Waals surface area contributed by atoms with Crippen molar-refractivity contribution >= 4 is 27.7 Å². The number of Topliss-reactive ketones (excluding diaryl/α,β-unsaturated/α-hetero) is 1. The van der Waals surface area contributed by atoms with E-state index in [2.05, 4.69) is 6.92 Å². The number of hydrogen-bond donors (Lipinski definition) is 0. The van der Waals surface area contributed by atoms with Gasteiger partial charge in [0, 0.05) is 46.7 Å². The molecule has 0 N–H and O–H groups in total. The largest absolute Gasteiger partial charge is 0.485 e. The zero-order chi connectivity index (χ0) is 20.5. The van der Waals surface area contributed by atoms with Gasteiger partial charge in [-0.1, -0.05) is 31.5 Å². The molecular weight excluding hydrogens is 366 g/mol. The maximum Gasteiger partial charge on any atom is 0.336 e. The smallest absolute Gasteiger partial charge is 0.336 e. The number of para-hydroxylation sites is 1. The van der Waals surface area contributed by atoms with Gasteiger partial charge in [-0.2, -0.15) is 0 Å². The van der Waals surface area contributed by atoms with Gasteiger partial charge in [-0.25, -0.2) is 4.79 Å². The number of benzene rings is 2. The molecule has 5 nitrogen and oxygen atoms in total. The molecule has 0 radical (unpaired) electrons. The standard InChI is InChI=1S/C24H23NO4/c1-4-7-16-12-23(27)29-22-13-17(10-11-18(16)22)28-14-21(26)24-15(2)25(3)20-9-6-5-8-19(20)24/h5-6,8-13H,4,7,14H2,1-3H3. The summed E-state index contributed by atoms with van der Waals surface area (Å²) >= 11 is 0. The van der Waals surface area contributed by atoms with Crippen molar-refractivity contribution in [2.24, 2.45) is 7.05 Å². The highest BCUT2D eigenvalue weighted by molar-refractivity contribution is 6.10. The van der Waals surface area contributed by atoms with Crippen LogP contribution in [0.5, 0.6) is 5.75 Å². The van der Waals surface area contributed by atoms with Crippen LogP contribution in [-0.4, -0.2) is 17.0 Å². The Morgan fingerprint density at radius 3 is 2.69 bits per heavy atom. The highest BCUT2D eigenvalue weighted by atomic mass is 16.5. The normalized spacial score (nSPS) is 11.3. The van der Waals surface area contributed by atoms with Crippen LogP contribution in [0.25, 0.3) is 21.9 Å². The minimum absolute atomic E-state index is 0.0828. The number of fused-ring (bicyclic) bond motifs is 2. The highest BCUT2D eigenvalue weighted by Crippen LogP contribution is 2.27. The molecule has 0 amide bonds. The fourth-order valence-corrected chi connectivity index (χ4v) is 3.87. The van der Waals surface area contributed by atoms with Gasteiger partial charge in [0.25, 0.3) is 0 Å². The molecule has 0 unspecified atom stereocenters. The lowest BCUT2D eigenvalue weighted by atomic mass is 10.1. The van der Waals surface area contributed by atoms with Crippen molar-refractivity contribution in [2.45, 2.75) is 26.7 Å². The maximum atomic E-state index is 12.9. The average Bonchev–Trinajstić information content (AvgIpc) is 2.97. The predicted molar refractivity (Wildman–Crippen MR) is 114 cm³/mol. The van der Waals surface area contributed by atoms with E-state index >= 15 is 0 Å². The molecular formula is C24H23NO4. The topological polar surface area (TPSA) is 61.4 Å². The number of ether oxygens (including phenoxy) is 1. The van der Waals surface area contributed by atoms with Gasteiger partial charge in [-0.05, 0) is 37.1 Å². The molecule has 5 heteroatoms. The molecule has 0 aliphatic rings. The van der Waals surface area contributed by atoms with Crippen molar-refractivity contribution in [3.63, 3.8) is 0 Å². The molecule has 0 spiro atoms. The quantitative estimate of drug-likeness (QED) is 0.351. The Morgan fingerprint density at radius 2 is 1.90 bits per heavy atom. The highest BCUT2D eigenvalue weighted by Gasteiger charge is 2.18. The SMILES string of the molecule is CCCc1cc(=O)oc2cc(OCC(=O)c3c(C)n(C)c4ccccc34)ccc12. The number of aromatic nitrogens is 1. The summed E-state index contributed by atoms with van der Waals surface area (Å²) in [6.45, 7) is 3.92. The molecule has 2 aromatic carbocycles. The van der Waals surface area contributed by atoms with Crippen LogP contribution in [0.15, 0.2) is 57.7 Å². The summed E-state index contributed by atoms with van der Waals surface area (Å²) in [4.78, 5) is 24.8. The van der Waals surface area contributed by atoms with Gasteiger partial charge < -0.3 is 13.7 Å². The first-order chi connectivity index (χ1) is 14.0. The van der Waals surface area contributed by atoms with Crippen LogP contribution in [0.1, 0.15) is 35.0 Å². The third-order valence-corrected chi connectivity index (χ3v) is 5.37. The number of hydrogen-bond acceptors (Lipinski definition) is 4. The Labute approximate surface area is 168 Å². The molecule has 29 heavy (non-hydrogen) atoms. The number of rotatable bonds is 6. The van der Waals surface area contributed by atoms with Gasteiger partial charge in [0.2, 0.25) is 5.78 Å². The number of carbonyl (C=O) groups excluding carboxylic acids is 1. The second-order valence-electron chi connectivity index (χ2n) is 7.25. The van der Waals surface area contributed by atoms with Crippen LogP contribution in [0, 0.1) is 6.92 Å². The summed E-state index contributed by atoms with van der Waals surface area (Å²) in [6, 6.07) is 14.8. The Bertz CT molecular complexity index is 1280. The van der Waals surface area contributed by atoms with Crippen molar-refractivity contribution in [1.82, 2.24) is 4.57 Å². The lowest BCUT2D eigenvalue weighted by Crippen LogP contribution is -2.13. The molecule has 0 atom stereocenters. The number of carbonyl (C=O) groups is 1. The first kappa shape index (κ1) is 19.0. The molecule has 0 fully saturated rings. The molecule has 2 heterocycles. The van der Waals surface area contributed by atoms with Gasteiger partial charge in [0.1, 0.15) is 11.3 Å². The minimum Gasteiger partial charge on any atom is -0.485 e. The second-order valence-corrected chi connectivity index (χ2v) is 7.25. The van der Waals surface area contributed by atoms with Crippen molar-refractivity contribution in [1.29, 1.82) is 0 Å². The van der Waals surface area contributed by atoms with Crippen LogP contribution in [0.3, 0.4) is 0 Å². The first-order valence-corrected chi connectivity index (χ1v) is 9.76. The molecule has 0 saturated heterocycles. The molecule has 0 aliphatic carbocycles. The van der Waals surface area contributed by atoms with E-state index in [1.54, 1.807) is 12.1 Å². The second kappa shape index (κ2) is 7.59. The van der Waals surface area contributed by atoms with Crippen molar-refractivity contribution in [3.05, 3.63) is 75.8 Å². The lowest BCUT2D eigenvalue weighted by Gasteiger charge is -2.09. The molecule has 4 rings (SSSR count). The van der Waals surface area contributed by atoms with E-state index in [0.29, 0.717) is 16.9 Å². The molecule has 0 bridgehead atoms. The summed E-state index contributed by atoms with van der Waals surface area (Å²) in [6.07, 6.45) is 1.75. The average molecular weight is 389 g/mol. The van der Waals surface area contributed by atoms with Crippen LogP contribution in [0.2, 0.25) is 0 Å². The lowest BCUT2D eigenvalue weighted by molar-refractivity contribution is 0.0922. The Hall–Kier alpha value is -3.34. The van der Waals surface area contributed by atoms with Gasteiger partial charge >= 0.3 is 5.63 Å². The molecule has 148 valence electrons. The number of ketones is 1. The third-order valence-electron chi connectivity index (χ3n) is 5.37. The van der Waals surface area contributed by atoms with Crippen LogP contribution >= 0.6 is 0 Å². The summed E-state index contributed by atoms with van der Waals surface area (Å²) in [5.41, 5.74) is 3.68. The predicted octanol–water partition coefficient (Wildman–Crippen LogP) is 4.81. The Morgan fingerprint density at radius 1 is 1.10 bits per heavy atom.